The molecule has 0 N–H and O–H groups in total. The Morgan fingerprint density at radius 3 is 2.24 bits per heavy atom. The second-order valence-electron chi connectivity index (χ2n) is 6.49. The molecule has 1 aliphatic rings. The Balaban J connectivity index is 1.73. The number of alkyl halides is 3. The van der Waals surface area contributed by atoms with Crippen LogP contribution in [0.3, 0.4) is 0 Å². The van der Waals surface area contributed by atoms with Crippen molar-refractivity contribution in [2.45, 2.75) is 11.1 Å². The molecular formula is C20H18F3N3O2S. The summed E-state index contributed by atoms with van der Waals surface area (Å²) in [5.74, 6) is 0. The van der Waals surface area contributed by atoms with E-state index in [1.165, 1.54) is 24.4 Å². The molecule has 0 unspecified atom stereocenters. The van der Waals surface area contributed by atoms with E-state index in [1.54, 1.807) is 40.1 Å². The van der Waals surface area contributed by atoms with Crippen LogP contribution in [0.25, 0.3) is 0 Å². The van der Waals surface area contributed by atoms with Crippen molar-refractivity contribution >= 4 is 15.5 Å². The quantitative estimate of drug-likeness (QED) is 0.705. The topological polar surface area (TPSA) is 64.4 Å². The second kappa shape index (κ2) is 8.17. The van der Waals surface area contributed by atoms with E-state index in [0.29, 0.717) is 31.9 Å². The van der Waals surface area contributed by atoms with Crippen LogP contribution in [0.4, 0.5) is 18.9 Å². The van der Waals surface area contributed by atoms with Gasteiger partial charge in [0.2, 0.25) is 9.84 Å². The Kier molecular flexibility index (Phi) is 5.84. The van der Waals surface area contributed by atoms with Crippen LogP contribution in [-0.2, 0) is 16.0 Å². The van der Waals surface area contributed by atoms with Crippen LogP contribution in [0.15, 0.2) is 70.6 Å². The van der Waals surface area contributed by atoms with Crippen molar-refractivity contribution in [3.8, 4) is 6.07 Å². The summed E-state index contributed by atoms with van der Waals surface area (Å²) in [5, 5.41) is 9.35. The van der Waals surface area contributed by atoms with E-state index in [1.807, 2.05) is 0 Å². The minimum atomic E-state index is -4.41. The lowest BCUT2D eigenvalue weighted by atomic mass is 10.1. The molecule has 1 fully saturated rings. The zero-order valence-electron chi connectivity index (χ0n) is 15.3. The number of hydrogen-bond acceptors (Lipinski definition) is 5. The van der Waals surface area contributed by atoms with Gasteiger partial charge in [-0.2, -0.15) is 18.4 Å². The summed E-state index contributed by atoms with van der Waals surface area (Å²) in [6.45, 7) is 1.57. The van der Waals surface area contributed by atoms with Gasteiger partial charge < -0.3 is 9.80 Å². The van der Waals surface area contributed by atoms with E-state index >= 15 is 0 Å². The van der Waals surface area contributed by atoms with Gasteiger partial charge in [-0.3, -0.25) is 0 Å². The Morgan fingerprint density at radius 2 is 1.66 bits per heavy atom. The van der Waals surface area contributed by atoms with Gasteiger partial charge in [-0.05, 0) is 30.3 Å². The first-order chi connectivity index (χ1) is 13.7. The predicted octanol–water partition coefficient (Wildman–Crippen LogP) is 3.67. The number of nitrogens with zero attached hydrogens (tertiary/aromatic N) is 3. The molecule has 0 bridgehead atoms. The molecule has 1 saturated heterocycles. The molecule has 1 aliphatic heterocycles. The van der Waals surface area contributed by atoms with Gasteiger partial charge in [0.05, 0.1) is 10.5 Å². The van der Waals surface area contributed by atoms with Crippen molar-refractivity contribution in [3.05, 3.63) is 71.3 Å². The number of rotatable bonds is 4. The lowest BCUT2D eigenvalue weighted by Crippen LogP contribution is -2.44. The summed E-state index contributed by atoms with van der Waals surface area (Å²) in [4.78, 5) is 3.17. The number of benzene rings is 2. The first-order valence-corrected chi connectivity index (χ1v) is 10.3. The molecule has 29 heavy (non-hydrogen) atoms. The molecule has 0 radical (unpaired) electrons. The molecule has 0 saturated carbocycles. The lowest BCUT2D eigenvalue weighted by molar-refractivity contribution is -0.137. The molecule has 1 heterocycles. The fourth-order valence-electron chi connectivity index (χ4n) is 3.04. The van der Waals surface area contributed by atoms with Gasteiger partial charge in [0.25, 0.3) is 0 Å². The van der Waals surface area contributed by atoms with E-state index in [2.05, 4.69) is 0 Å². The number of halogens is 3. The normalized spacial score (nSPS) is 15.9. The highest BCUT2D eigenvalue weighted by atomic mass is 32.2. The smallest absolute Gasteiger partial charge is 0.372 e. The van der Waals surface area contributed by atoms with E-state index < -0.39 is 21.6 Å². The molecule has 9 heteroatoms. The van der Waals surface area contributed by atoms with E-state index in [0.717, 1.165) is 12.1 Å². The average Bonchev–Trinajstić information content (AvgIpc) is 2.72. The van der Waals surface area contributed by atoms with Gasteiger partial charge in [-0.15, -0.1) is 0 Å². The van der Waals surface area contributed by atoms with Crippen LogP contribution in [-0.4, -0.2) is 39.5 Å². The van der Waals surface area contributed by atoms with Crippen molar-refractivity contribution in [3.63, 3.8) is 0 Å². The molecule has 0 aromatic heterocycles. The molecule has 0 atom stereocenters. The van der Waals surface area contributed by atoms with Crippen LogP contribution in [0, 0.1) is 11.3 Å². The monoisotopic (exact) mass is 421 g/mol. The summed E-state index contributed by atoms with van der Waals surface area (Å²) in [6, 6.07) is 14.5. The Labute approximate surface area is 167 Å². The van der Waals surface area contributed by atoms with Crippen molar-refractivity contribution < 1.29 is 21.6 Å². The Bertz CT molecular complexity index is 1040. The summed E-state index contributed by atoms with van der Waals surface area (Å²) < 4.78 is 64.0. The highest BCUT2D eigenvalue weighted by Crippen LogP contribution is 2.32. The maximum atomic E-state index is 12.9. The van der Waals surface area contributed by atoms with Crippen LogP contribution in [0.1, 0.15) is 5.56 Å². The second-order valence-corrected chi connectivity index (χ2v) is 8.41. The molecule has 0 amide bonds. The molecular weight excluding hydrogens is 403 g/mol. The van der Waals surface area contributed by atoms with Gasteiger partial charge in [-0.25, -0.2) is 8.42 Å². The standard InChI is InChI=1S/C20H18F3N3O2S/c21-20(22,23)16-5-4-6-17(13-16)26-11-9-25(10-12-26)15-19(14-24)29(27,28)18-7-2-1-3-8-18/h1-8,13,15H,9-12H2/b19-15-. The Hall–Kier alpha value is -2.99. The molecule has 0 aliphatic carbocycles. The number of anilines is 1. The maximum Gasteiger partial charge on any atom is 0.416 e. The fraction of sp³-hybridized carbons (Fsp3) is 0.250. The van der Waals surface area contributed by atoms with Crippen LogP contribution in [0.5, 0.6) is 0 Å². The summed E-state index contributed by atoms with van der Waals surface area (Å²) >= 11 is 0. The fourth-order valence-corrected chi connectivity index (χ4v) is 4.22. The molecule has 0 spiro atoms. The van der Waals surface area contributed by atoms with Crippen molar-refractivity contribution in [1.29, 1.82) is 5.26 Å². The SMILES string of the molecule is N#C/C(=C/N1CCN(c2cccc(C(F)(F)F)c2)CC1)S(=O)(=O)c1ccccc1. The first kappa shape index (κ1) is 20.7. The zero-order chi connectivity index (χ0) is 21.1. The lowest BCUT2D eigenvalue weighted by Gasteiger charge is -2.35. The highest BCUT2D eigenvalue weighted by molar-refractivity contribution is 7.95. The van der Waals surface area contributed by atoms with Gasteiger partial charge in [-0.1, -0.05) is 24.3 Å². The first-order valence-electron chi connectivity index (χ1n) is 8.80. The van der Waals surface area contributed by atoms with Crippen LogP contribution < -0.4 is 4.90 Å². The predicted molar refractivity (Wildman–Crippen MR) is 103 cm³/mol. The van der Waals surface area contributed by atoms with Gasteiger partial charge in [0.1, 0.15) is 6.07 Å². The summed E-state index contributed by atoms with van der Waals surface area (Å²) in [6.07, 6.45) is -3.10. The number of hydrogen-bond donors (Lipinski definition) is 0. The van der Waals surface area contributed by atoms with E-state index in [4.69, 9.17) is 0 Å². The zero-order valence-corrected chi connectivity index (χ0v) is 16.1. The van der Waals surface area contributed by atoms with Gasteiger partial charge >= 0.3 is 6.18 Å². The highest BCUT2D eigenvalue weighted by Gasteiger charge is 2.31. The number of nitriles is 1. The third-order valence-electron chi connectivity index (χ3n) is 4.61. The number of allylic oxidation sites excluding steroid dienone is 1. The third kappa shape index (κ3) is 4.71. The Morgan fingerprint density at radius 1 is 1.00 bits per heavy atom. The molecule has 2 aromatic carbocycles. The van der Waals surface area contributed by atoms with E-state index in [-0.39, 0.29) is 9.80 Å². The minimum Gasteiger partial charge on any atom is -0.372 e. The van der Waals surface area contributed by atoms with Crippen molar-refractivity contribution in [2.24, 2.45) is 0 Å². The minimum absolute atomic E-state index is 0.0374. The average molecular weight is 421 g/mol. The number of sulfone groups is 1. The van der Waals surface area contributed by atoms with Gasteiger partial charge in [0, 0.05) is 38.1 Å². The largest absolute Gasteiger partial charge is 0.416 e. The van der Waals surface area contributed by atoms with Gasteiger partial charge in [0.15, 0.2) is 4.91 Å². The third-order valence-corrected chi connectivity index (χ3v) is 6.27. The number of piperazine rings is 1. The molecule has 152 valence electrons. The maximum absolute atomic E-state index is 12.9. The molecule has 3 rings (SSSR count). The summed E-state index contributed by atoms with van der Waals surface area (Å²) in [7, 11) is -3.92. The van der Waals surface area contributed by atoms with Crippen LogP contribution >= 0.6 is 0 Å². The van der Waals surface area contributed by atoms with E-state index in [9.17, 15) is 26.9 Å². The molecule has 2 aromatic rings. The van der Waals surface area contributed by atoms with Crippen molar-refractivity contribution in [2.75, 3.05) is 31.1 Å². The van der Waals surface area contributed by atoms with Crippen molar-refractivity contribution in [1.82, 2.24) is 4.90 Å². The summed E-state index contributed by atoms with van der Waals surface area (Å²) in [5.41, 5.74) is -0.251. The van der Waals surface area contributed by atoms with Crippen LogP contribution in [0.2, 0.25) is 0 Å². The molecule has 5 nitrogen and oxygen atoms in total.